The molecule has 6 heteroatoms. The molecule has 0 saturated carbocycles. The number of methoxy groups -OCH3 is 1. The zero-order chi connectivity index (χ0) is 19.2. The van der Waals surface area contributed by atoms with Crippen LogP contribution in [0.25, 0.3) is 0 Å². The van der Waals surface area contributed by atoms with Crippen LogP contribution in [0.15, 0.2) is 24.3 Å². The number of hydrogen-bond donors (Lipinski definition) is 1. The normalized spacial score (nSPS) is 14.8. The average Bonchev–Trinajstić information content (AvgIpc) is 2.51. The Kier molecular flexibility index (Phi) is 7.27. The van der Waals surface area contributed by atoms with E-state index in [2.05, 4.69) is 5.32 Å². The number of amides is 1. The Labute approximate surface area is 149 Å². The molecular formula is C19H29NO5. The molecule has 140 valence electrons. The molecule has 1 rings (SSSR count). The highest BCUT2D eigenvalue weighted by Crippen LogP contribution is 2.29. The second-order valence-corrected chi connectivity index (χ2v) is 7.04. The predicted octanol–water partition coefficient (Wildman–Crippen LogP) is 3.64. The SMILES string of the molecule is COc1ccccc1[C@H](C)[C@H](C)OC(=O)[C@H](C)NC(=O)OC(C)(C)C. The topological polar surface area (TPSA) is 73.9 Å². The van der Waals surface area contributed by atoms with Crippen molar-refractivity contribution < 1.29 is 23.8 Å². The zero-order valence-electron chi connectivity index (χ0n) is 16.1. The summed E-state index contributed by atoms with van der Waals surface area (Å²) in [5.74, 6) is 0.173. The molecule has 25 heavy (non-hydrogen) atoms. The molecule has 0 bridgehead atoms. The van der Waals surface area contributed by atoms with Crippen molar-refractivity contribution in [1.82, 2.24) is 5.32 Å². The Morgan fingerprint density at radius 3 is 2.24 bits per heavy atom. The van der Waals surface area contributed by atoms with Gasteiger partial charge in [0.05, 0.1) is 7.11 Å². The van der Waals surface area contributed by atoms with Crippen LogP contribution in [-0.2, 0) is 14.3 Å². The molecule has 3 atom stereocenters. The number of para-hydroxylation sites is 1. The van der Waals surface area contributed by atoms with Gasteiger partial charge in [-0.05, 0) is 40.7 Å². The minimum atomic E-state index is -0.804. The number of ether oxygens (including phenoxy) is 3. The summed E-state index contributed by atoms with van der Waals surface area (Å²) in [5, 5.41) is 2.48. The van der Waals surface area contributed by atoms with Gasteiger partial charge in [0.25, 0.3) is 0 Å². The Morgan fingerprint density at radius 1 is 1.08 bits per heavy atom. The fraction of sp³-hybridized carbons (Fsp3) is 0.579. The number of benzene rings is 1. The highest BCUT2D eigenvalue weighted by molar-refractivity contribution is 5.81. The van der Waals surface area contributed by atoms with Crippen LogP contribution in [0, 0.1) is 0 Å². The molecule has 0 aromatic heterocycles. The smallest absolute Gasteiger partial charge is 0.408 e. The van der Waals surface area contributed by atoms with Gasteiger partial charge in [-0.3, -0.25) is 0 Å². The number of carbonyl (C=O) groups excluding carboxylic acids is 2. The molecule has 1 amide bonds. The molecule has 0 unspecified atom stereocenters. The quantitative estimate of drug-likeness (QED) is 0.792. The van der Waals surface area contributed by atoms with Crippen LogP contribution in [0.5, 0.6) is 5.75 Å². The third-order valence-electron chi connectivity index (χ3n) is 3.72. The lowest BCUT2D eigenvalue weighted by molar-refractivity contribution is -0.151. The maximum atomic E-state index is 12.2. The van der Waals surface area contributed by atoms with Crippen molar-refractivity contribution in [3.05, 3.63) is 29.8 Å². The van der Waals surface area contributed by atoms with Gasteiger partial charge >= 0.3 is 12.1 Å². The minimum absolute atomic E-state index is 0.0613. The van der Waals surface area contributed by atoms with Gasteiger partial charge in [-0.2, -0.15) is 0 Å². The van der Waals surface area contributed by atoms with E-state index in [1.165, 1.54) is 0 Å². The van der Waals surface area contributed by atoms with Crippen molar-refractivity contribution in [1.29, 1.82) is 0 Å². The molecule has 0 aliphatic rings. The summed E-state index contributed by atoms with van der Waals surface area (Å²) in [5.41, 5.74) is 0.331. The lowest BCUT2D eigenvalue weighted by atomic mass is 9.95. The summed E-state index contributed by atoms with van der Waals surface area (Å²) in [7, 11) is 1.61. The Bertz CT molecular complexity index is 594. The summed E-state index contributed by atoms with van der Waals surface area (Å²) >= 11 is 0. The first-order valence-electron chi connectivity index (χ1n) is 8.38. The summed E-state index contributed by atoms with van der Waals surface area (Å²) in [6.45, 7) is 10.6. The Balaban J connectivity index is 2.64. The van der Waals surface area contributed by atoms with E-state index in [-0.39, 0.29) is 12.0 Å². The van der Waals surface area contributed by atoms with Gasteiger partial charge in [0, 0.05) is 11.5 Å². The van der Waals surface area contributed by atoms with Crippen LogP contribution in [-0.4, -0.2) is 36.9 Å². The van der Waals surface area contributed by atoms with E-state index < -0.39 is 23.7 Å². The highest BCUT2D eigenvalue weighted by Gasteiger charge is 2.26. The Morgan fingerprint density at radius 2 is 1.68 bits per heavy atom. The fourth-order valence-corrected chi connectivity index (χ4v) is 2.23. The first-order chi connectivity index (χ1) is 11.5. The van der Waals surface area contributed by atoms with Crippen LogP contribution in [0.1, 0.15) is 53.0 Å². The molecule has 0 radical (unpaired) electrons. The van der Waals surface area contributed by atoms with Crippen molar-refractivity contribution in [2.45, 2.75) is 65.2 Å². The van der Waals surface area contributed by atoms with E-state index in [9.17, 15) is 9.59 Å². The van der Waals surface area contributed by atoms with Crippen molar-refractivity contribution in [2.75, 3.05) is 7.11 Å². The van der Waals surface area contributed by atoms with Gasteiger partial charge in [-0.1, -0.05) is 25.1 Å². The third-order valence-corrected chi connectivity index (χ3v) is 3.72. The minimum Gasteiger partial charge on any atom is -0.496 e. The molecular weight excluding hydrogens is 322 g/mol. The van der Waals surface area contributed by atoms with E-state index in [4.69, 9.17) is 14.2 Å². The molecule has 1 N–H and O–H groups in total. The second-order valence-electron chi connectivity index (χ2n) is 7.04. The Hall–Kier alpha value is -2.24. The van der Waals surface area contributed by atoms with Crippen molar-refractivity contribution in [3.63, 3.8) is 0 Å². The monoisotopic (exact) mass is 351 g/mol. The molecule has 6 nitrogen and oxygen atoms in total. The van der Waals surface area contributed by atoms with Crippen molar-refractivity contribution in [3.8, 4) is 5.75 Å². The van der Waals surface area contributed by atoms with E-state index >= 15 is 0 Å². The number of nitrogens with one attached hydrogen (secondary N) is 1. The lowest BCUT2D eigenvalue weighted by Crippen LogP contribution is -2.43. The maximum Gasteiger partial charge on any atom is 0.408 e. The van der Waals surface area contributed by atoms with Gasteiger partial charge in [0.1, 0.15) is 23.5 Å². The summed E-state index contributed by atoms with van der Waals surface area (Å²) in [4.78, 5) is 24.0. The van der Waals surface area contributed by atoms with Gasteiger partial charge < -0.3 is 19.5 Å². The average molecular weight is 351 g/mol. The van der Waals surface area contributed by atoms with E-state index in [1.807, 2.05) is 38.1 Å². The van der Waals surface area contributed by atoms with Crippen molar-refractivity contribution >= 4 is 12.1 Å². The number of hydrogen-bond acceptors (Lipinski definition) is 5. The number of carbonyl (C=O) groups is 2. The van der Waals surface area contributed by atoms with E-state index in [0.29, 0.717) is 0 Å². The highest BCUT2D eigenvalue weighted by atomic mass is 16.6. The van der Waals surface area contributed by atoms with E-state index in [0.717, 1.165) is 11.3 Å². The molecule has 0 saturated heterocycles. The number of esters is 1. The lowest BCUT2D eigenvalue weighted by Gasteiger charge is -2.25. The molecule has 0 aliphatic carbocycles. The largest absolute Gasteiger partial charge is 0.496 e. The maximum absolute atomic E-state index is 12.2. The molecule has 0 fully saturated rings. The second kappa shape index (κ2) is 8.74. The van der Waals surface area contributed by atoms with Gasteiger partial charge in [0.15, 0.2) is 0 Å². The van der Waals surface area contributed by atoms with Crippen LogP contribution in [0.4, 0.5) is 4.79 Å². The molecule has 1 aromatic rings. The fourth-order valence-electron chi connectivity index (χ4n) is 2.23. The van der Waals surface area contributed by atoms with Crippen molar-refractivity contribution in [2.24, 2.45) is 0 Å². The van der Waals surface area contributed by atoms with Gasteiger partial charge in [0.2, 0.25) is 0 Å². The predicted molar refractivity (Wildman–Crippen MR) is 95.8 cm³/mol. The summed E-state index contributed by atoms with van der Waals surface area (Å²) in [6, 6.07) is 6.80. The van der Waals surface area contributed by atoms with Crippen LogP contribution in [0.2, 0.25) is 0 Å². The molecule has 0 aliphatic heterocycles. The summed E-state index contributed by atoms with van der Waals surface area (Å²) in [6.07, 6.45) is -1.03. The summed E-state index contributed by atoms with van der Waals surface area (Å²) < 4.78 is 16.0. The van der Waals surface area contributed by atoms with Gasteiger partial charge in [-0.15, -0.1) is 0 Å². The van der Waals surface area contributed by atoms with Crippen LogP contribution >= 0.6 is 0 Å². The standard InChI is InChI=1S/C19H29NO5/c1-12(15-10-8-9-11-16(15)23-7)14(3)24-17(21)13(2)20-18(22)25-19(4,5)6/h8-14H,1-7H3,(H,20,22)/t12-,13+,14+/m1/s1. The van der Waals surface area contributed by atoms with Gasteiger partial charge in [-0.25, -0.2) is 9.59 Å². The molecule has 0 heterocycles. The first-order valence-corrected chi connectivity index (χ1v) is 8.38. The van der Waals surface area contributed by atoms with Crippen LogP contribution in [0.3, 0.4) is 0 Å². The molecule has 0 spiro atoms. The van der Waals surface area contributed by atoms with Crippen LogP contribution < -0.4 is 10.1 Å². The molecule has 1 aromatic carbocycles. The van der Waals surface area contributed by atoms with E-state index in [1.54, 1.807) is 34.8 Å². The zero-order valence-corrected chi connectivity index (χ0v) is 16.1. The number of alkyl carbamates (subject to hydrolysis) is 1. The third kappa shape index (κ3) is 6.64. The first kappa shape index (κ1) is 20.8. The number of rotatable bonds is 6.